The molecule has 0 bridgehead atoms. The molecule has 0 unspecified atom stereocenters. The minimum absolute atomic E-state index is 0.223. The van der Waals surface area contributed by atoms with Gasteiger partial charge in [-0.25, -0.2) is 0 Å². The number of halogens is 2. The first-order valence-corrected chi connectivity index (χ1v) is 8.97. The number of nitrogens with one attached hydrogen (secondary N) is 2. The zero-order valence-electron chi connectivity index (χ0n) is 14.2. The summed E-state index contributed by atoms with van der Waals surface area (Å²) in [5.74, 6) is -0.599. The van der Waals surface area contributed by atoms with E-state index < -0.39 is 0 Å². The summed E-state index contributed by atoms with van der Waals surface area (Å²) in [6.07, 6.45) is 0. The first kappa shape index (κ1) is 19.0. The van der Waals surface area contributed by atoms with E-state index in [2.05, 4.69) is 10.6 Å². The summed E-state index contributed by atoms with van der Waals surface area (Å²) in [6.45, 7) is 0.427. The largest absolute Gasteiger partial charge is 0.348 e. The van der Waals surface area contributed by atoms with Gasteiger partial charge in [0.05, 0.1) is 10.6 Å². The van der Waals surface area contributed by atoms with E-state index in [9.17, 15) is 9.59 Å². The number of amides is 2. The van der Waals surface area contributed by atoms with Gasteiger partial charge >= 0.3 is 0 Å². The molecule has 3 rings (SSSR count). The lowest BCUT2D eigenvalue weighted by Crippen LogP contribution is -2.23. The second kappa shape index (κ2) is 8.71. The van der Waals surface area contributed by atoms with Gasteiger partial charge in [0.2, 0.25) is 0 Å². The highest BCUT2D eigenvalue weighted by molar-refractivity contribution is 6.37. The van der Waals surface area contributed by atoms with Crippen LogP contribution in [0.25, 0.3) is 0 Å². The molecule has 0 saturated heterocycles. The third-order valence-electron chi connectivity index (χ3n) is 3.85. The van der Waals surface area contributed by atoms with Crippen LogP contribution in [0.5, 0.6) is 0 Å². The van der Waals surface area contributed by atoms with Gasteiger partial charge in [0, 0.05) is 22.8 Å². The van der Waals surface area contributed by atoms with Gasteiger partial charge in [-0.15, -0.1) is 0 Å². The first-order valence-electron chi connectivity index (χ1n) is 8.21. The van der Waals surface area contributed by atoms with Crippen LogP contribution >= 0.6 is 23.2 Å². The number of hydrogen-bond acceptors (Lipinski definition) is 2. The van der Waals surface area contributed by atoms with Crippen molar-refractivity contribution in [2.45, 2.75) is 6.54 Å². The highest BCUT2D eigenvalue weighted by Crippen LogP contribution is 2.22. The predicted molar refractivity (Wildman–Crippen MR) is 108 cm³/mol. The molecule has 0 aliphatic carbocycles. The normalized spacial score (nSPS) is 10.3. The Morgan fingerprint density at radius 2 is 1.59 bits per heavy atom. The molecular weight excluding hydrogens is 383 g/mol. The van der Waals surface area contributed by atoms with E-state index in [1.165, 1.54) is 6.07 Å². The molecule has 27 heavy (non-hydrogen) atoms. The number of hydrogen-bond donors (Lipinski definition) is 2. The van der Waals surface area contributed by atoms with Crippen LogP contribution in [0.1, 0.15) is 26.3 Å². The molecule has 3 aromatic rings. The van der Waals surface area contributed by atoms with Crippen molar-refractivity contribution >= 4 is 40.7 Å². The fourth-order valence-electron chi connectivity index (χ4n) is 2.49. The second-order valence-corrected chi connectivity index (χ2v) is 6.67. The standard InChI is InChI=1S/C21H16Cl2N2O2/c22-16-9-10-18(19(23)12-16)21(27)25-17-8-4-7-15(11-17)20(26)24-13-14-5-2-1-3-6-14/h1-12H,13H2,(H,24,26)(H,25,27). The first-order chi connectivity index (χ1) is 13.0. The molecule has 0 saturated carbocycles. The number of carbonyl (C=O) groups is 2. The maximum absolute atomic E-state index is 12.4. The third kappa shape index (κ3) is 5.09. The summed E-state index contributed by atoms with van der Waals surface area (Å²) >= 11 is 11.9. The molecule has 0 aliphatic rings. The lowest BCUT2D eigenvalue weighted by molar-refractivity contribution is 0.0949. The van der Waals surface area contributed by atoms with Gasteiger partial charge in [-0.2, -0.15) is 0 Å². The summed E-state index contributed by atoms with van der Waals surface area (Å²) < 4.78 is 0. The van der Waals surface area contributed by atoms with Gasteiger partial charge in [0.15, 0.2) is 0 Å². The van der Waals surface area contributed by atoms with E-state index in [-0.39, 0.29) is 16.8 Å². The number of carbonyl (C=O) groups excluding carboxylic acids is 2. The predicted octanol–water partition coefficient (Wildman–Crippen LogP) is 5.18. The number of benzene rings is 3. The van der Waals surface area contributed by atoms with Crippen molar-refractivity contribution in [1.29, 1.82) is 0 Å². The van der Waals surface area contributed by atoms with E-state index in [0.717, 1.165) is 5.56 Å². The Labute approximate surface area is 167 Å². The quantitative estimate of drug-likeness (QED) is 0.622. The Morgan fingerprint density at radius 3 is 2.33 bits per heavy atom. The molecule has 6 heteroatoms. The summed E-state index contributed by atoms with van der Waals surface area (Å²) in [4.78, 5) is 24.8. The lowest BCUT2D eigenvalue weighted by atomic mass is 10.1. The summed E-state index contributed by atoms with van der Waals surface area (Å²) in [7, 11) is 0. The zero-order chi connectivity index (χ0) is 19.2. The molecule has 0 aromatic heterocycles. The molecule has 3 aromatic carbocycles. The van der Waals surface area contributed by atoms with Crippen molar-refractivity contribution < 1.29 is 9.59 Å². The Kier molecular flexibility index (Phi) is 6.12. The fourth-order valence-corrected chi connectivity index (χ4v) is 2.98. The fraction of sp³-hybridized carbons (Fsp3) is 0.0476. The maximum Gasteiger partial charge on any atom is 0.257 e. The van der Waals surface area contributed by atoms with E-state index >= 15 is 0 Å². The molecule has 0 fully saturated rings. The van der Waals surface area contributed by atoms with Crippen LogP contribution in [-0.2, 0) is 6.54 Å². The van der Waals surface area contributed by atoms with Gasteiger partial charge < -0.3 is 10.6 Å². The molecule has 136 valence electrons. The van der Waals surface area contributed by atoms with Crippen LogP contribution in [0.15, 0.2) is 72.8 Å². The minimum Gasteiger partial charge on any atom is -0.348 e. The molecule has 2 amide bonds. The monoisotopic (exact) mass is 398 g/mol. The van der Waals surface area contributed by atoms with Crippen molar-refractivity contribution in [2.75, 3.05) is 5.32 Å². The van der Waals surface area contributed by atoms with E-state index in [0.29, 0.717) is 28.4 Å². The summed E-state index contributed by atoms with van der Waals surface area (Å²) in [5.41, 5.74) is 2.26. The van der Waals surface area contributed by atoms with Gasteiger partial charge in [0.25, 0.3) is 11.8 Å². The number of anilines is 1. The molecule has 0 atom stereocenters. The van der Waals surface area contributed by atoms with Crippen LogP contribution < -0.4 is 10.6 Å². The molecule has 0 aliphatic heterocycles. The third-order valence-corrected chi connectivity index (χ3v) is 4.40. The number of rotatable bonds is 5. The van der Waals surface area contributed by atoms with E-state index in [1.807, 2.05) is 30.3 Å². The highest BCUT2D eigenvalue weighted by Gasteiger charge is 2.12. The highest BCUT2D eigenvalue weighted by atomic mass is 35.5. The average Bonchev–Trinajstić information content (AvgIpc) is 2.67. The molecule has 0 heterocycles. The van der Waals surface area contributed by atoms with Crippen LogP contribution in [0.4, 0.5) is 5.69 Å². The van der Waals surface area contributed by atoms with Gasteiger partial charge in [0.1, 0.15) is 0 Å². The molecule has 4 nitrogen and oxygen atoms in total. The van der Waals surface area contributed by atoms with E-state index in [1.54, 1.807) is 36.4 Å². The lowest BCUT2D eigenvalue weighted by Gasteiger charge is -2.09. The van der Waals surface area contributed by atoms with E-state index in [4.69, 9.17) is 23.2 Å². The average molecular weight is 399 g/mol. The van der Waals surface area contributed by atoms with Crippen LogP contribution in [0.2, 0.25) is 10.0 Å². The second-order valence-electron chi connectivity index (χ2n) is 5.83. The van der Waals surface area contributed by atoms with Crippen LogP contribution in [0.3, 0.4) is 0 Å². The van der Waals surface area contributed by atoms with Crippen LogP contribution in [-0.4, -0.2) is 11.8 Å². The van der Waals surface area contributed by atoms with Gasteiger partial charge in [-0.3, -0.25) is 9.59 Å². The van der Waals surface area contributed by atoms with Crippen molar-refractivity contribution in [3.05, 3.63) is 99.5 Å². The Hall–Kier alpha value is -2.82. The topological polar surface area (TPSA) is 58.2 Å². The van der Waals surface area contributed by atoms with Crippen molar-refractivity contribution in [2.24, 2.45) is 0 Å². The van der Waals surface area contributed by atoms with Crippen molar-refractivity contribution in [3.8, 4) is 0 Å². The molecule has 0 radical (unpaired) electrons. The maximum atomic E-state index is 12.4. The SMILES string of the molecule is O=C(NCc1ccccc1)c1cccc(NC(=O)c2ccc(Cl)cc2Cl)c1. The summed E-state index contributed by atoms with van der Waals surface area (Å²) in [6, 6.07) is 21.0. The zero-order valence-corrected chi connectivity index (χ0v) is 15.7. The molecular formula is C21H16Cl2N2O2. The molecule has 0 spiro atoms. The van der Waals surface area contributed by atoms with Gasteiger partial charge in [-0.05, 0) is 42.0 Å². The van der Waals surface area contributed by atoms with Crippen molar-refractivity contribution in [1.82, 2.24) is 5.32 Å². The Balaban J connectivity index is 1.67. The van der Waals surface area contributed by atoms with Gasteiger partial charge in [-0.1, -0.05) is 59.6 Å². The Morgan fingerprint density at radius 1 is 0.815 bits per heavy atom. The smallest absolute Gasteiger partial charge is 0.257 e. The summed E-state index contributed by atoms with van der Waals surface area (Å²) in [5, 5.41) is 6.31. The molecule has 2 N–H and O–H groups in total. The van der Waals surface area contributed by atoms with Crippen molar-refractivity contribution in [3.63, 3.8) is 0 Å². The van der Waals surface area contributed by atoms with Crippen LogP contribution in [0, 0.1) is 0 Å². The minimum atomic E-state index is -0.376. The Bertz CT molecular complexity index is 975.